The molecule has 2 fully saturated rings. The summed E-state index contributed by atoms with van der Waals surface area (Å²) in [5, 5.41) is 9.22. The molecule has 1 heterocycles. The predicted molar refractivity (Wildman–Crippen MR) is 153 cm³/mol. The molecule has 0 spiro atoms. The first-order valence-corrected chi connectivity index (χ1v) is 16.6. The number of amides is 1. The van der Waals surface area contributed by atoms with Crippen molar-refractivity contribution >= 4 is 36.3 Å². The molecule has 0 aliphatic heterocycles. The van der Waals surface area contributed by atoms with Crippen LogP contribution >= 0.6 is 18.7 Å². The van der Waals surface area contributed by atoms with E-state index in [9.17, 15) is 19.3 Å². The zero-order valence-corrected chi connectivity index (χ0v) is 25.7. The van der Waals surface area contributed by atoms with E-state index in [0.29, 0.717) is 48.8 Å². The van der Waals surface area contributed by atoms with E-state index in [1.807, 2.05) is 27.7 Å². The Hall–Kier alpha value is -1.65. The van der Waals surface area contributed by atoms with Crippen LogP contribution in [0.5, 0.6) is 0 Å². The number of ether oxygens (including phenoxy) is 1. The second kappa shape index (κ2) is 12.3. The van der Waals surface area contributed by atoms with Crippen LogP contribution in [0.3, 0.4) is 0 Å². The van der Waals surface area contributed by atoms with E-state index >= 15 is 0 Å². The minimum atomic E-state index is -3.07. The molecule has 2 aliphatic rings. The lowest BCUT2D eigenvalue weighted by atomic mass is 9.81. The molecule has 1 aromatic rings. The van der Waals surface area contributed by atoms with Crippen LogP contribution in [0.15, 0.2) is 6.07 Å². The number of aromatic carboxylic acids is 1. The third-order valence-corrected chi connectivity index (χ3v) is 11.8. The third-order valence-electron chi connectivity index (χ3n) is 7.93. The average Bonchev–Trinajstić information content (AvgIpc) is 3.27. The molecule has 0 aromatic carbocycles. The van der Waals surface area contributed by atoms with Crippen molar-refractivity contribution in [1.29, 1.82) is 0 Å². The summed E-state index contributed by atoms with van der Waals surface area (Å²) in [6, 6.07) is 1.56. The highest BCUT2D eigenvalue weighted by Crippen LogP contribution is 2.62. The van der Waals surface area contributed by atoms with Gasteiger partial charge in [0.2, 0.25) is 13.3 Å². The number of rotatable bonds is 8. The van der Waals surface area contributed by atoms with Gasteiger partial charge in [0.05, 0.1) is 17.2 Å². The van der Waals surface area contributed by atoms with Crippen molar-refractivity contribution in [1.82, 2.24) is 0 Å². The Morgan fingerprint density at radius 3 is 2.29 bits per heavy atom. The summed E-state index contributed by atoms with van der Waals surface area (Å²) in [5.41, 5.74) is 0.201. The fourth-order valence-electron chi connectivity index (χ4n) is 5.68. The molecule has 0 radical (unpaired) electrons. The molecule has 3 rings (SSSR count). The molecule has 7 nitrogen and oxygen atoms in total. The largest absolute Gasteiger partial charge is 0.477 e. The number of carbonyl (C=O) groups excluding carboxylic acids is 1. The number of hydrogen-bond donors (Lipinski definition) is 1. The first-order valence-electron chi connectivity index (χ1n) is 13.7. The van der Waals surface area contributed by atoms with Crippen LogP contribution in [0.2, 0.25) is 0 Å². The van der Waals surface area contributed by atoms with Gasteiger partial charge in [-0.3, -0.25) is 9.36 Å². The fourth-order valence-corrected chi connectivity index (χ4v) is 8.65. The van der Waals surface area contributed by atoms with Crippen molar-refractivity contribution < 1.29 is 28.5 Å². The van der Waals surface area contributed by atoms with Crippen LogP contribution in [0, 0.1) is 29.1 Å². The summed E-state index contributed by atoms with van der Waals surface area (Å²) in [7, 11) is -1.49. The summed E-state index contributed by atoms with van der Waals surface area (Å²) in [6.07, 6.45) is 5.63. The van der Waals surface area contributed by atoms with Crippen molar-refractivity contribution in [3.8, 4) is 11.8 Å². The zero-order chi connectivity index (χ0) is 28.3. The third kappa shape index (κ3) is 6.91. The van der Waals surface area contributed by atoms with E-state index in [1.165, 1.54) is 0 Å². The Labute approximate surface area is 232 Å². The molecule has 1 amide bonds. The number of hydrogen-bond acceptors (Lipinski definition) is 6. The van der Waals surface area contributed by atoms with E-state index < -0.39 is 18.7 Å². The number of methoxy groups -OCH3 is 1. The SMILES string of the molecule is CCOP(C)(=O)C1(OC)CCC(N(C(=O)C2CCC(C)CC2)c2cc(C#CC(C)(C)C)sc2C(=O)O)CC1. The van der Waals surface area contributed by atoms with Crippen LogP contribution < -0.4 is 4.90 Å². The number of carbonyl (C=O) groups is 2. The molecule has 0 bridgehead atoms. The maximum absolute atomic E-state index is 14.1. The maximum atomic E-state index is 14.1. The van der Waals surface area contributed by atoms with Crippen LogP contribution in [0.1, 0.15) is 101 Å². The molecule has 1 atom stereocenters. The van der Waals surface area contributed by atoms with Crippen LogP contribution in [0.4, 0.5) is 5.69 Å². The Kier molecular flexibility index (Phi) is 9.96. The highest BCUT2D eigenvalue weighted by Gasteiger charge is 2.50. The van der Waals surface area contributed by atoms with E-state index in [1.54, 1.807) is 24.7 Å². The monoisotopic (exact) mass is 565 g/mol. The van der Waals surface area contributed by atoms with Crippen molar-refractivity contribution in [2.45, 2.75) is 97.4 Å². The van der Waals surface area contributed by atoms with Gasteiger partial charge in [-0.2, -0.15) is 0 Å². The molecule has 38 heavy (non-hydrogen) atoms. The van der Waals surface area contributed by atoms with Gasteiger partial charge in [0.25, 0.3) is 0 Å². The Morgan fingerprint density at radius 1 is 1.18 bits per heavy atom. The minimum absolute atomic E-state index is 0.00747. The molecular weight excluding hydrogens is 521 g/mol. The van der Waals surface area contributed by atoms with Gasteiger partial charge in [-0.05, 0) is 91.0 Å². The van der Waals surface area contributed by atoms with Gasteiger partial charge in [-0.25, -0.2) is 4.79 Å². The van der Waals surface area contributed by atoms with E-state index in [-0.39, 0.29) is 28.2 Å². The van der Waals surface area contributed by atoms with Crippen LogP contribution in [-0.4, -0.2) is 48.7 Å². The molecular formula is C29H44NO6PS. The van der Waals surface area contributed by atoms with Crippen molar-refractivity contribution in [3.05, 3.63) is 15.8 Å². The summed E-state index contributed by atoms with van der Waals surface area (Å²) >= 11 is 1.12. The molecule has 1 aromatic heterocycles. The van der Waals surface area contributed by atoms with Crippen LogP contribution in [-0.2, 0) is 18.6 Å². The number of anilines is 1. The average molecular weight is 566 g/mol. The van der Waals surface area contributed by atoms with Gasteiger partial charge >= 0.3 is 5.97 Å². The first-order chi connectivity index (χ1) is 17.7. The smallest absolute Gasteiger partial charge is 0.348 e. The zero-order valence-electron chi connectivity index (χ0n) is 24.0. The first kappa shape index (κ1) is 30.9. The van der Waals surface area contributed by atoms with Gasteiger partial charge in [-0.1, -0.05) is 18.8 Å². The molecule has 1 unspecified atom stereocenters. The summed E-state index contributed by atoms with van der Waals surface area (Å²) < 4.78 is 25.0. The summed E-state index contributed by atoms with van der Waals surface area (Å²) in [5.74, 6) is 5.71. The van der Waals surface area contributed by atoms with Gasteiger partial charge in [0.15, 0.2) is 0 Å². The standard InChI is InChI=1S/C29H44NO6PS/c1-8-36-37(7,34)29(35-6)17-13-22(14-18-29)30(26(31)21-11-9-20(2)10-12-21)24-19-23(15-16-28(3,4)5)38-25(24)27(32)33/h19-22H,8-14,17-18H2,1-7H3,(H,32,33). The van der Waals surface area contributed by atoms with Crippen LogP contribution in [0.25, 0.3) is 0 Å². The normalized spacial score (nSPS) is 27.6. The van der Waals surface area contributed by atoms with E-state index in [4.69, 9.17) is 9.26 Å². The number of carboxylic acid groups (broad SMARTS) is 1. The predicted octanol–water partition coefficient (Wildman–Crippen LogP) is 7.23. The molecule has 0 saturated heterocycles. The summed E-state index contributed by atoms with van der Waals surface area (Å²) in [6.45, 7) is 12.0. The van der Waals surface area contributed by atoms with Gasteiger partial charge in [0, 0.05) is 31.1 Å². The fraction of sp³-hybridized carbons (Fsp3) is 0.724. The lowest BCUT2D eigenvalue weighted by Crippen LogP contribution is -2.49. The van der Waals surface area contributed by atoms with Gasteiger partial charge < -0.3 is 19.3 Å². The topological polar surface area (TPSA) is 93.1 Å². The number of carboxylic acids is 1. The minimum Gasteiger partial charge on any atom is -0.477 e. The Balaban J connectivity index is 2.01. The van der Waals surface area contributed by atoms with Crippen molar-refractivity contribution in [2.24, 2.45) is 17.3 Å². The second-order valence-electron chi connectivity index (χ2n) is 11.9. The quantitative estimate of drug-likeness (QED) is 0.264. The highest BCUT2D eigenvalue weighted by molar-refractivity contribution is 7.59. The number of thiophene rings is 1. The molecule has 9 heteroatoms. The lowest BCUT2D eigenvalue weighted by molar-refractivity contribution is -0.124. The molecule has 2 aliphatic carbocycles. The molecule has 1 N–H and O–H groups in total. The second-order valence-corrected chi connectivity index (χ2v) is 15.8. The lowest BCUT2D eigenvalue weighted by Gasteiger charge is -2.45. The molecule has 212 valence electrons. The van der Waals surface area contributed by atoms with Crippen molar-refractivity contribution in [3.63, 3.8) is 0 Å². The van der Waals surface area contributed by atoms with Gasteiger partial charge in [0.1, 0.15) is 10.2 Å². The summed E-state index contributed by atoms with van der Waals surface area (Å²) in [4.78, 5) is 29.0. The van der Waals surface area contributed by atoms with Crippen molar-refractivity contribution in [2.75, 3.05) is 25.3 Å². The maximum Gasteiger partial charge on any atom is 0.348 e. The highest BCUT2D eigenvalue weighted by atomic mass is 32.1. The van der Waals surface area contributed by atoms with Gasteiger partial charge in [-0.15, -0.1) is 11.3 Å². The van der Waals surface area contributed by atoms with E-state index in [0.717, 1.165) is 37.0 Å². The number of nitrogens with zero attached hydrogens (tertiary/aromatic N) is 1. The van der Waals surface area contributed by atoms with E-state index in [2.05, 4.69) is 18.8 Å². The Morgan fingerprint density at radius 2 is 1.79 bits per heavy atom. The molecule has 2 saturated carbocycles. The Bertz CT molecular complexity index is 1110.